The zero-order valence-corrected chi connectivity index (χ0v) is 10.1. The van der Waals surface area contributed by atoms with Gasteiger partial charge in [-0.2, -0.15) is 0 Å². The van der Waals surface area contributed by atoms with Crippen LogP contribution in [0.5, 0.6) is 0 Å². The summed E-state index contributed by atoms with van der Waals surface area (Å²) in [5.74, 6) is 0.445. The Bertz CT molecular complexity index is 257. The van der Waals surface area contributed by atoms with E-state index < -0.39 is 0 Å². The van der Waals surface area contributed by atoms with Crippen molar-refractivity contribution < 1.29 is 9.53 Å². The third-order valence-electron chi connectivity index (χ3n) is 3.24. The van der Waals surface area contributed by atoms with Crippen molar-refractivity contribution in [3.05, 3.63) is 12.2 Å². The van der Waals surface area contributed by atoms with Crippen molar-refractivity contribution in [2.45, 2.75) is 58.5 Å². The highest BCUT2D eigenvalue weighted by molar-refractivity contribution is 5.87. The van der Waals surface area contributed by atoms with Gasteiger partial charge >= 0.3 is 5.97 Å². The molecule has 2 nitrogen and oxygen atoms in total. The number of carbonyl (C=O) groups is 1. The maximum absolute atomic E-state index is 11.6. The molecule has 0 heterocycles. The van der Waals surface area contributed by atoms with E-state index in [4.69, 9.17) is 4.74 Å². The number of hydrogen-bond acceptors (Lipinski definition) is 2. The number of esters is 1. The average molecular weight is 210 g/mol. The van der Waals surface area contributed by atoms with Crippen molar-refractivity contribution in [1.29, 1.82) is 0 Å². The van der Waals surface area contributed by atoms with Crippen LogP contribution in [0, 0.1) is 5.92 Å². The van der Waals surface area contributed by atoms with Crippen LogP contribution < -0.4 is 0 Å². The Hall–Kier alpha value is -0.790. The van der Waals surface area contributed by atoms with Crippen molar-refractivity contribution in [2.24, 2.45) is 5.92 Å². The molecule has 0 aliphatic heterocycles. The van der Waals surface area contributed by atoms with Crippen LogP contribution in [-0.4, -0.2) is 11.6 Å². The summed E-state index contributed by atoms with van der Waals surface area (Å²) in [7, 11) is 0. The molecule has 2 atom stereocenters. The van der Waals surface area contributed by atoms with Crippen molar-refractivity contribution in [2.75, 3.05) is 0 Å². The van der Waals surface area contributed by atoms with Gasteiger partial charge in [0.1, 0.15) is 5.60 Å². The van der Waals surface area contributed by atoms with E-state index in [9.17, 15) is 4.79 Å². The van der Waals surface area contributed by atoms with Crippen molar-refractivity contribution in [3.63, 3.8) is 0 Å². The maximum atomic E-state index is 11.6. The summed E-state index contributed by atoms with van der Waals surface area (Å²) in [4.78, 5) is 11.6. The molecule has 1 fully saturated rings. The van der Waals surface area contributed by atoms with Gasteiger partial charge in [0.25, 0.3) is 0 Å². The van der Waals surface area contributed by atoms with Gasteiger partial charge in [-0.05, 0) is 38.5 Å². The predicted molar refractivity (Wildman–Crippen MR) is 61.6 cm³/mol. The van der Waals surface area contributed by atoms with Crippen LogP contribution in [0.4, 0.5) is 0 Å². The molecule has 0 radical (unpaired) electrons. The van der Waals surface area contributed by atoms with Gasteiger partial charge in [-0.3, -0.25) is 0 Å². The number of rotatable bonds is 3. The van der Waals surface area contributed by atoms with Gasteiger partial charge in [0, 0.05) is 5.57 Å². The Labute approximate surface area is 92.7 Å². The smallest absolute Gasteiger partial charge is 0.333 e. The van der Waals surface area contributed by atoms with E-state index >= 15 is 0 Å². The van der Waals surface area contributed by atoms with E-state index in [1.54, 1.807) is 0 Å². The standard InChI is InChI=1S/C13H22O2/c1-5-11(3)12(14)15-13(4)8-6-7-10(2)9-13/h10H,3,5-9H2,1-2,4H3. The minimum atomic E-state index is -0.257. The highest BCUT2D eigenvalue weighted by atomic mass is 16.6. The first kappa shape index (κ1) is 12.3. The molecule has 0 N–H and O–H groups in total. The van der Waals surface area contributed by atoms with Crippen molar-refractivity contribution in [1.82, 2.24) is 0 Å². The highest BCUT2D eigenvalue weighted by Crippen LogP contribution is 2.35. The van der Waals surface area contributed by atoms with Crippen molar-refractivity contribution in [3.8, 4) is 0 Å². The van der Waals surface area contributed by atoms with Crippen molar-refractivity contribution >= 4 is 5.97 Å². The number of hydrogen-bond donors (Lipinski definition) is 0. The maximum Gasteiger partial charge on any atom is 0.333 e. The highest BCUT2D eigenvalue weighted by Gasteiger charge is 2.34. The zero-order valence-electron chi connectivity index (χ0n) is 10.1. The quantitative estimate of drug-likeness (QED) is 0.526. The molecule has 0 aromatic heterocycles. The zero-order chi connectivity index (χ0) is 11.5. The van der Waals surface area contributed by atoms with Gasteiger partial charge in [0.05, 0.1) is 0 Å². The fourth-order valence-corrected chi connectivity index (χ4v) is 2.30. The first-order valence-electron chi connectivity index (χ1n) is 5.88. The third kappa shape index (κ3) is 3.37. The topological polar surface area (TPSA) is 26.3 Å². The summed E-state index contributed by atoms with van der Waals surface area (Å²) in [6.07, 6.45) is 5.05. The van der Waals surface area contributed by atoms with E-state index in [-0.39, 0.29) is 11.6 Å². The molecule has 1 rings (SSSR count). The predicted octanol–water partition coefficient (Wildman–Crippen LogP) is 3.46. The summed E-state index contributed by atoms with van der Waals surface area (Å²) in [6.45, 7) is 9.91. The van der Waals surface area contributed by atoms with E-state index in [2.05, 4.69) is 13.5 Å². The first-order chi connectivity index (χ1) is 6.97. The molecule has 0 spiro atoms. The normalized spacial score (nSPS) is 31.0. The second-order valence-electron chi connectivity index (χ2n) is 5.00. The van der Waals surface area contributed by atoms with Crippen LogP contribution in [0.3, 0.4) is 0 Å². The summed E-state index contributed by atoms with van der Waals surface area (Å²) < 4.78 is 5.56. The van der Waals surface area contributed by atoms with Crippen LogP contribution in [0.2, 0.25) is 0 Å². The molecule has 0 saturated heterocycles. The lowest BCUT2D eigenvalue weighted by atomic mass is 9.80. The van der Waals surface area contributed by atoms with E-state index in [1.807, 2.05) is 13.8 Å². The fraction of sp³-hybridized carbons (Fsp3) is 0.769. The van der Waals surface area contributed by atoms with Crippen LogP contribution in [0.1, 0.15) is 52.9 Å². The third-order valence-corrected chi connectivity index (χ3v) is 3.24. The molecule has 86 valence electrons. The summed E-state index contributed by atoms with van der Waals surface area (Å²) in [5.41, 5.74) is 0.321. The molecule has 0 bridgehead atoms. The molecule has 1 saturated carbocycles. The molecule has 1 aliphatic rings. The summed E-state index contributed by atoms with van der Waals surface area (Å²) >= 11 is 0. The summed E-state index contributed by atoms with van der Waals surface area (Å²) in [5, 5.41) is 0. The average Bonchev–Trinajstić information content (AvgIpc) is 2.15. The Kier molecular flexibility index (Phi) is 3.95. The Balaban J connectivity index is 2.55. The molecule has 0 aromatic rings. The lowest BCUT2D eigenvalue weighted by Gasteiger charge is -2.36. The monoisotopic (exact) mass is 210 g/mol. The minimum Gasteiger partial charge on any atom is -0.456 e. The first-order valence-corrected chi connectivity index (χ1v) is 5.88. The fourth-order valence-electron chi connectivity index (χ4n) is 2.30. The van der Waals surface area contributed by atoms with E-state index in [0.717, 1.165) is 19.3 Å². The molecule has 2 heteroatoms. The van der Waals surface area contributed by atoms with Gasteiger partial charge < -0.3 is 4.74 Å². The van der Waals surface area contributed by atoms with E-state index in [0.29, 0.717) is 17.9 Å². The second-order valence-corrected chi connectivity index (χ2v) is 5.00. The van der Waals surface area contributed by atoms with Crippen LogP contribution in [0.15, 0.2) is 12.2 Å². The van der Waals surface area contributed by atoms with Gasteiger partial charge in [-0.25, -0.2) is 4.79 Å². The van der Waals surface area contributed by atoms with Crippen LogP contribution in [0.25, 0.3) is 0 Å². The van der Waals surface area contributed by atoms with Crippen LogP contribution in [-0.2, 0) is 9.53 Å². The molecule has 1 aliphatic carbocycles. The van der Waals surface area contributed by atoms with E-state index in [1.165, 1.54) is 6.42 Å². The number of ether oxygens (including phenoxy) is 1. The Morgan fingerprint density at radius 3 is 2.80 bits per heavy atom. The Morgan fingerprint density at radius 2 is 2.27 bits per heavy atom. The molecule has 0 aromatic carbocycles. The lowest BCUT2D eigenvalue weighted by Crippen LogP contribution is -2.36. The van der Waals surface area contributed by atoms with Gasteiger partial charge in [0.15, 0.2) is 0 Å². The number of carbonyl (C=O) groups excluding carboxylic acids is 1. The van der Waals surface area contributed by atoms with Crippen LogP contribution >= 0.6 is 0 Å². The molecule has 15 heavy (non-hydrogen) atoms. The van der Waals surface area contributed by atoms with Gasteiger partial charge in [0.2, 0.25) is 0 Å². The lowest BCUT2D eigenvalue weighted by molar-refractivity contribution is -0.157. The SMILES string of the molecule is C=C(CC)C(=O)OC1(C)CCCC(C)C1. The van der Waals surface area contributed by atoms with Gasteiger partial charge in [-0.15, -0.1) is 0 Å². The molecular formula is C13H22O2. The minimum absolute atomic E-state index is 0.214. The largest absolute Gasteiger partial charge is 0.456 e. The molecule has 0 amide bonds. The molecular weight excluding hydrogens is 188 g/mol. The Morgan fingerprint density at radius 1 is 1.60 bits per heavy atom. The second kappa shape index (κ2) is 4.82. The summed E-state index contributed by atoms with van der Waals surface area (Å²) in [6, 6.07) is 0. The molecule has 2 unspecified atom stereocenters. The van der Waals surface area contributed by atoms with Gasteiger partial charge in [-0.1, -0.05) is 26.8 Å².